The second kappa shape index (κ2) is 4.72. The van der Waals surface area contributed by atoms with Crippen LogP contribution in [0.2, 0.25) is 5.02 Å². The highest BCUT2D eigenvalue weighted by molar-refractivity contribution is 9.10. The van der Waals surface area contributed by atoms with Crippen LogP contribution in [0.15, 0.2) is 16.6 Å². The molecule has 0 aliphatic carbocycles. The van der Waals surface area contributed by atoms with Crippen molar-refractivity contribution in [2.45, 2.75) is 12.8 Å². The molecule has 0 unspecified atom stereocenters. The van der Waals surface area contributed by atoms with Crippen molar-refractivity contribution in [2.75, 3.05) is 0 Å². The zero-order chi connectivity index (χ0) is 9.84. The van der Waals surface area contributed by atoms with E-state index in [2.05, 4.69) is 15.9 Å². The van der Waals surface area contributed by atoms with Gasteiger partial charge < -0.3 is 4.79 Å². The Balaban J connectivity index is 2.98. The smallest absolute Gasteiger partial charge is 0.143 e. The van der Waals surface area contributed by atoms with Crippen LogP contribution in [-0.4, -0.2) is 6.29 Å². The molecule has 0 aliphatic heterocycles. The maximum absolute atomic E-state index is 13.0. The van der Waals surface area contributed by atoms with Crippen LogP contribution in [0.3, 0.4) is 0 Å². The van der Waals surface area contributed by atoms with Gasteiger partial charge >= 0.3 is 0 Å². The molecule has 1 aromatic carbocycles. The number of hydrogen-bond acceptors (Lipinski definition) is 1. The van der Waals surface area contributed by atoms with Crippen LogP contribution in [0, 0.1) is 5.82 Å². The van der Waals surface area contributed by atoms with Crippen LogP contribution >= 0.6 is 27.5 Å². The Hall–Kier alpha value is -0.410. The predicted octanol–water partition coefficient (Wildman–Crippen LogP) is 3.37. The third-order valence-electron chi connectivity index (χ3n) is 1.60. The second-order valence-electron chi connectivity index (χ2n) is 2.57. The van der Waals surface area contributed by atoms with E-state index in [4.69, 9.17) is 11.6 Å². The molecule has 0 fully saturated rings. The van der Waals surface area contributed by atoms with Crippen molar-refractivity contribution in [3.8, 4) is 0 Å². The molecule has 13 heavy (non-hydrogen) atoms. The summed E-state index contributed by atoms with van der Waals surface area (Å²) in [5.74, 6) is -0.461. The summed E-state index contributed by atoms with van der Waals surface area (Å²) in [6.07, 6.45) is 1.61. The van der Waals surface area contributed by atoms with Gasteiger partial charge in [0.2, 0.25) is 0 Å². The van der Waals surface area contributed by atoms with Gasteiger partial charge in [0.25, 0.3) is 0 Å². The fourth-order valence-electron chi connectivity index (χ4n) is 1.01. The van der Waals surface area contributed by atoms with Crippen molar-refractivity contribution in [1.29, 1.82) is 0 Å². The molecule has 1 aromatic rings. The molecule has 0 bridgehead atoms. The number of carbonyl (C=O) groups excluding carboxylic acids is 1. The predicted molar refractivity (Wildman–Crippen MR) is 53.5 cm³/mol. The van der Waals surface area contributed by atoms with Crippen LogP contribution < -0.4 is 0 Å². The third kappa shape index (κ3) is 2.78. The minimum Gasteiger partial charge on any atom is -0.303 e. The number of rotatable bonds is 3. The molecule has 1 rings (SSSR count). The molecule has 0 saturated carbocycles. The van der Waals surface area contributed by atoms with Gasteiger partial charge in [-0.05, 0) is 24.1 Å². The molecular weight excluding hydrogens is 258 g/mol. The molecule has 0 aromatic heterocycles. The maximum atomic E-state index is 13.0. The summed E-state index contributed by atoms with van der Waals surface area (Å²) in [6, 6.07) is 3.02. The first-order chi connectivity index (χ1) is 6.15. The fourth-order valence-corrected chi connectivity index (χ4v) is 1.69. The Kier molecular flexibility index (Phi) is 3.88. The highest BCUT2D eigenvalue weighted by atomic mass is 79.9. The molecule has 0 spiro atoms. The van der Waals surface area contributed by atoms with E-state index in [1.807, 2.05) is 0 Å². The summed E-state index contributed by atoms with van der Waals surface area (Å²) in [4.78, 5) is 10.1. The number of carbonyl (C=O) groups is 1. The van der Waals surface area contributed by atoms with Gasteiger partial charge in [-0.1, -0.05) is 27.5 Å². The molecular formula is C9H7BrClFO. The molecule has 0 heterocycles. The summed E-state index contributed by atoms with van der Waals surface area (Å²) in [6.45, 7) is 0. The maximum Gasteiger partial charge on any atom is 0.143 e. The summed E-state index contributed by atoms with van der Waals surface area (Å²) in [7, 11) is 0. The summed E-state index contributed by atoms with van der Waals surface area (Å²) < 4.78 is 13.7. The molecule has 0 N–H and O–H groups in total. The van der Waals surface area contributed by atoms with Crippen molar-refractivity contribution in [1.82, 2.24) is 0 Å². The first kappa shape index (κ1) is 10.7. The van der Waals surface area contributed by atoms with Gasteiger partial charge in [0.15, 0.2) is 0 Å². The Morgan fingerprint density at radius 1 is 1.54 bits per heavy atom. The molecule has 0 atom stereocenters. The average Bonchev–Trinajstić information content (AvgIpc) is 2.09. The Morgan fingerprint density at radius 3 is 2.85 bits per heavy atom. The fraction of sp³-hybridized carbons (Fsp3) is 0.222. The van der Waals surface area contributed by atoms with Crippen molar-refractivity contribution in [3.05, 3.63) is 33.0 Å². The normalized spacial score (nSPS) is 10.1. The van der Waals surface area contributed by atoms with E-state index >= 15 is 0 Å². The molecule has 4 heteroatoms. The number of halogens is 3. The van der Waals surface area contributed by atoms with Gasteiger partial charge in [-0.15, -0.1) is 0 Å². The van der Waals surface area contributed by atoms with Crippen molar-refractivity contribution in [2.24, 2.45) is 0 Å². The lowest BCUT2D eigenvalue weighted by molar-refractivity contribution is -0.107. The van der Waals surface area contributed by atoms with Gasteiger partial charge in [-0.2, -0.15) is 0 Å². The SMILES string of the molecule is O=CCCc1cc(Br)cc(F)c1Cl. The second-order valence-corrected chi connectivity index (χ2v) is 3.86. The van der Waals surface area contributed by atoms with Crippen LogP contribution in [-0.2, 0) is 11.2 Å². The van der Waals surface area contributed by atoms with E-state index in [1.165, 1.54) is 6.07 Å². The van der Waals surface area contributed by atoms with Gasteiger partial charge in [0.1, 0.15) is 12.1 Å². The monoisotopic (exact) mass is 264 g/mol. The lowest BCUT2D eigenvalue weighted by atomic mass is 10.1. The van der Waals surface area contributed by atoms with Crippen LogP contribution in [0.4, 0.5) is 4.39 Å². The lowest BCUT2D eigenvalue weighted by Gasteiger charge is -2.03. The van der Waals surface area contributed by atoms with Crippen molar-refractivity contribution in [3.63, 3.8) is 0 Å². The van der Waals surface area contributed by atoms with Gasteiger partial charge in [0.05, 0.1) is 5.02 Å². The number of aryl methyl sites for hydroxylation is 1. The number of aldehydes is 1. The van der Waals surface area contributed by atoms with E-state index in [0.29, 0.717) is 22.9 Å². The largest absolute Gasteiger partial charge is 0.303 e. The van der Waals surface area contributed by atoms with Crippen molar-refractivity contribution >= 4 is 33.8 Å². The highest BCUT2D eigenvalue weighted by Gasteiger charge is 2.07. The zero-order valence-corrected chi connectivity index (χ0v) is 9.03. The number of hydrogen-bond donors (Lipinski definition) is 0. The summed E-state index contributed by atoms with van der Waals surface area (Å²) in [5, 5.41) is 0.102. The first-order valence-corrected chi connectivity index (χ1v) is 4.89. The average molecular weight is 266 g/mol. The van der Waals surface area contributed by atoms with Crippen molar-refractivity contribution < 1.29 is 9.18 Å². The van der Waals surface area contributed by atoms with E-state index in [1.54, 1.807) is 6.07 Å². The molecule has 1 nitrogen and oxygen atoms in total. The van der Waals surface area contributed by atoms with Crippen LogP contribution in [0.25, 0.3) is 0 Å². The van der Waals surface area contributed by atoms with Crippen LogP contribution in [0.1, 0.15) is 12.0 Å². The van der Waals surface area contributed by atoms with Gasteiger partial charge in [-0.3, -0.25) is 0 Å². The van der Waals surface area contributed by atoms with E-state index in [9.17, 15) is 9.18 Å². The summed E-state index contributed by atoms with van der Waals surface area (Å²) >= 11 is 8.84. The molecule has 0 radical (unpaired) electrons. The molecule has 0 aliphatic rings. The Bertz CT molecular complexity index is 328. The van der Waals surface area contributed by atoms with Gasteiger partial charge in [-0.25, -0.2) is 4.39 Å². The standard InChI is InChI=1S/C9H7BrClFO/c10-7-4-6(2-1-3-13)9(11)8(12)5-7/h3-5H,1-2H2. The Labute approximate surface area is 89.0 Å². The van der Waals surface area contributed by atoms with E-state index in [-0.39, 0.29) is 5.02 Å². The molecule has 0 amide bonds. The lowest BCUT2D eigenvalue weighted by Crippen LogP contribution is -1.91. The highest BCUT2D eigenvalue weighted by Crippen LogP contribution is 2.25. The van der Waals surface area contributed by atoms with E-state index < -0.39 is 5.82 Å². The first-order valence-electron chi connectivity index (χ1n) is 3.72. The van der Waals surface area contributed by atoms with E-state index in [0.717, 1.165) is 6.29 Å². The molecule has 70 valence electrons. The quantitative estimate of drug-likeness (QED) is 0.605. The van der Waals surface area contributed by atoms with Gasteiger partial charge in [0, 0.05) is 10.9 Å². The zero-order valence-electron chi connectivity index (χ0n) is 6.69. The number of benzene rings is 1. The third-order valence-corrected chi connectivity index (χ3v) is 2.48. The minimum atomic E-state index is -0.461. The molecule has 0 saturated heterocycles. The van der Waals surface area contributed by atoms with Crippen LogP contribution in [0.5, 0.6) is 0 Å². The topological polar surface area (TPSA) is 17.1 Å². The minimum absolute atomic E-state index is 0.102. The summed E-state index contributed by atoms with van der Waals surface area (Å²) in [5.41, 5.74) is 0.653. The Morgan fingerprint density at radius 2 is 2.23 bits per heavy atom.